The molecule has 0 amide bonds. The Morgan fingerprint density at radius 2 is 1.73 bits per heavy atom. The quantitative estimate of drug-likeness (QED) is 0.547. The van der Waals surface area contributed by atoms with E-state index in [0.29, 0.717) is 30.6 Å². The Hall–Kier alpha value is -3.39. The van der Waals surface area contributed by atoms with E-state index < -0.39 is 0 Å². The van der Waals surface area contributed by atoms with Gasteiger partial charge in [0.25, 0.3) is 0 Å². The Morgan fingerprint density at radius 1 is 0.923 bits per heavy atom. The average molecular weight is 347 g/mol. The summed E-state index contributed by atoms with van der Waals surface area (Å²) in [6.45, 7) is 0.606. The maximum absolute atomic E-state index is 5.83. The second kappa shape index (κ2) is 7.24. The van der Waals surface area contributed by atoms with E-state index in [1.807, 2.05) is 48.5 Å². The van der Waals surface area contributed by atoms with Crippen molar-refractivity contribution in [2.45, 2.75) is 12.8 Å². The number of aromatic amines is 1. The van der Waals surface area contributed by atoms with Gasteiger partial charge in [0.1, 0.15) is 0 Å². The van der Waals surface area contributed by atoms with Gasteiger partial charge in [-0.25, -0.2) is 0 Å². The molecule has 4 rings (SSSR count). The first-order valence-corrected chi connectivity index (χ1v) is 8.26. The third-order valence-corrected chi connectivity index (χ3v) is 3.96. The van der Waals surface area contributed by atoms with Gasteiger partial charge in [-0.3, -0.25) is 0 Å². The molecule has 130 valence electrons. The van der Waals surface area contributed by atoms with Crippen LogP contribution in [0.15, 0.2) is 52.9 Å². The Morgan fingerprint density at radius 3 is 2.54 bits per heavy atom. The van der Waals surface area contributed by atoms with Crippen molar-refractivity contribution in [3.05, 3.63) is 65.5 Å². The molecule has 2 aromatic carbocycles. The van der Waals surface area contributed by atoms with Gasteiger partial charge in [0.15, 0.2) is 0 Å². The minimum atomic E-state index is 0.508. The van der Waals surface area contributed by atoms with Crippen LogP contribution in [0.1, 0.15) is 17.0 Å². The van der Waals surface area contributed by atoms with Gasteiger partial charge in [-0.2, -0.15) is 5.21 Å². The molecule has 2 aromatic heterocycles. The monoisotopic (exact) mass is 347 g/mol. The van der Waals surface area contributed by atoms with Gasteiger partial charge in [-0.15, -0.1) is 20.4 Å². The van der Waals surface area contributed by atoms with E-state index in [-0.39, 0.29) is 0 Å². The molecule has 26 heavy (non-hydrogen) atoms. The summed E-state index contributed by atoms with van der Waals surface area (Å²) in [7, 11) is 0. The highest BCUT2D eigenvalue weighted by molar-refractivity contribution is 5.55. The summed E-state index contributed by atoms with van der Waals surface area (Å²) in [5, 5.41) is 22.4. The Labute approximate surface area is 149 Å². The van der Waals surface area contributed by atoms with Crippen LogP contribution in [-0.4, -0.2) is 37.4 Å². The van der Waals surface area contributed by atoms with Gasteiger partial charge in [0.05, 0.1) is 6.42 Å². The molecule has 0 saturated carbocycles. The zero-order chi connectivity index (χ0) is 17.8. The molecular formula is C18H17N7O. The van der Waals surface area contributed by atoms with Crippen LogP contribution >= 0.6 is 0 Å². The Balaban J connectivity index is 1.54. The van der Waals surface area contributed by atoms with Crippen LogP contribution in [-0.2, 0) is 12.8 Å². The van der Waals surface area contributed by atoms with Crippen LogP contribution in [0.5, 0.6) is 0 Å². The predicted molar refractivity (Wildman–Crippen MR) is 94.9 cm³/mol. The summed E-state index contributed by atoms with van der Waals surface area (Å²) >= 11 is 0. The van der Waals surface area contributed by atoms with Crippen molar-refractivity contribution in [1.29, 1.82) is 0 Å². The molecular weight excluding hydrogens is 330 g/mol. The SMILES string of the molecule is NCCc1cccc(-c2nnc(Cc3cccc(-c4nn[nH]n4)c3)o2)c1. The van der Waals surface area contributed by atoms with E-state index in [0.717, 1.165) is 28.7 Å². The molecule has 0 spiro atoms. The van der Waals surface area contributed by atoms with Gasteiger partial charge < -0.3 is 10.2 Å². The lowest BCUT2D eigenvalue weighted by Crippen LogP contribution is -2.02. The minimum Gasteiger partial charge on any atom is -0.420 e. The summed E-state index contributed by atoms with van der Waals surface area (Å²) in [5.74, 6) is 1.61. The van der Waals surface area contributed by atoms with E-state index >= 15 is 0 Å². The van der Waals surface area contributed by atoms with Crippen molar-refractivity contribution in [1.82, 2.24) is 30.8 Å². The minimum absolute atomic E-state index is 0.508. The van der Waals surface area contributed by atoms with Gasteiger partial charge in [-0.1, -0.05) is 30.3 Å². The number of hydrogen-bond acceptors (Lipinski definition) is 7. The van der Waals surface area contributed by atoms with Crippen LogP contribution in [0.3, 0.4) is 0 Å². The molecule has 3 N–H and O–H groups in total. The maximum Gasteiger partial charge on any atom is 0.247 e. The zero-order valence-electron chi connectivity index (χ0n) is 14.0. The van der Waals surface area contributed by atoms with E-state index in [1.54, 1.807) is 0 Å². The smallest absolute Gasteiger partial charge is 0.247 e. The molecule has 4 aromatic rings. The number of aromatic nitrogens is 6. The largest absolute Gasteiger partial charge is 0.420 e. The highest BCUT2D eigenvalue weighted by Gasteiger charge is 2.11. The van der Waals surface area contributed by atoms with E-state index in [2.05, 4.69) is 30.8 Å². The van der Waals surface area contributed by atoms with Gasteiger partial charge in [0.2, 0.25) is 17.6 Å². The van der Waals surface area contributed by atoms with Crippen molar-refractivity contribution in [2.24, 2.45) is 5.73 Å². The lowest BCUT2D eigenvalue weighted by molar-refractivity contribution is 0.518. The van der Waals surface area contributed by atoms with Crippen LogP contribution in [0.2, 0.25) is 0 Å². The number of H-pyrrole nitrogens is 1. The highest BCUT2D eigenvalue weighted by Crippen LogP contribution is 2.22. The first-order valence-electron chi connectivity index (χ1n) is 8.26. The first-order chi connectivity index (χ1) is 12.8. The molecule has 2 heterocycles. The van der Waals surface area contributed by atoms with Crippen molar-refractivity contribution in [3.8, 4) is 22.8 Å². The number of nitrogens with zero attached hydrogens (tertiary/aromatic N) is 5. The van der Waals surface area contributed by atoms with Crippen LogP contribution in [0, 0.1) is 0 Å². The molecule has 0 unspecified atom stereocenters. The fraction of sp³-hybridized carbons (Fsp3) is 0.167. The lowest BCUT2D eigenvalue weighted by atomic mass is 10.1. The average Bonchev–Trinajstić information content (AvgIpc) is 3.35. The molecule has 0 aliphatic carbocycles. The summed E-state index contributed by atoms with van der Waals surface area (Å²) in [5.41, 5.74) is 9.58. The molecule has 0 fully saturated rings. The first kappa shape index (κ1) is 16.1. The molecule has 0 aliphatic rings. The van der Waals surface area contributed by atoms with Gasteiger partial charge >= 0.3 is 0 Å². The number of nitrogens with two attached hydrogens (primary N) is 1. The number of benzene rings is 2. The molecule has 8 nitrogen and oxygen atoms in total. The second-order valence-electron chi connectivity index (χ2n) is 5.85. The zero-order valence-corrected chi connectivity index (χ0v) is 14.0. The van der Waals surface area contributed by atoms with Crippen LogP contribution in [0.25, 0.3) is 22.8 Å². The van der Waals surface area contributed by atoms with Crippen molar-refractivity contribution < 1.29 is 4.42 Å². The Bertz CT molecular complexity index is 994. The number of hydrogen-bond donors (Lipinski definition) is 2. The highest BCUT2D eigenvalue weighted by atomic mass is 16.4. The summed E-state index contributed by atoms with van der Waals surface area (Å²) in [6, 6.07) is 15.8. The molecule has 0 bridgehead atoms. The standard InChI is InChI=1S/C18H17N7O/c19-8-7-12-3-1-6-15(9-12)18-23-20-16(26-18)11-13-4-2-5-14(10-13)17-21-24-25-22-17/h1-6,9-10H,7-8,11,19H2,(H,21,22,24,25). The second-order valence-corrected chi connectivity index (χ2v) is 5.85. The van der Waals surface area contributed by atoms with Gasteiger partial charge in [-0.05, 0) is 47.5 Å². The van der Waals surface area contributed by atoms with Crippen molar-refractivity contribution in [2.75, 3.05) is 6.54 Å². The molecule has 0 saturated heterocycles. The fourth-order valence-corrected chi connectivity index (χ4v) is 2.75. The van der Waals surface area contributed by atoms with Crippen LogP contribution in [0.4, 0.5) is 0 Å². The fourth-order valence-electron chi connectivity index (χ4n) is 2.75. The van der Waals surface area contributed by atoms with Crippen LogP contribution < -0.4 is 5.73 Å². The number of rotatable bonds is 6. The Kier molecular flexibility index (Phi) is 4.48. The summed E-state index contributed by atoms with van der Waals surface area (Å²) < 4.78 is 5.83. The van der Waals surface area contributed by atoms with E-state index in [4.69, 9.17) is 10.2 Å². The third kappa shape index (κ3) is 3.50. The number of nitrogens with one attached hydrogen (secondary N) is 1. The summed E-state index contributed by atoms with van der Waals surface area (Å²) in [6.07, 6.45) is 1.35. The third-order valence-electron chi connectivity index (χ3n) is 3.96. The molecule has 0 atom stereocenters. The predicted octanol–water partition coefficient (Wildman–Crippen LogP) is 2.01. The molecule has 8 heteroatoms. The summed E-state index contributed by atoms with van der Waals surface area (Å²) in [4.78, 5) is 0. The van der Waals surface area contributed by atoms with Crippen molar-refractivity contribution >= 4 is 0 Å². The lowest BCUT2D eigenvalue weighted by Gasteiger charge is -2.01. The van der Waals surface area contributed by atoms with Gasteiger partial charge in [0, 0.05) is 11.1 Å². The maximum atomic E-state index is 5.83. The molecule has 0 radical (unpaired) electrons. The molecule has 0 aliphatic heterocycles. The number of tetrazole rings is 1. The van der Waals surface area contributed by atoms with E-state index in [1.165, 1.54) is 0 Å². The topological polar surface area (TPSA) is 119 Å². The van der Waals surface area contributed by atoms with E-state index in [9.17, 15) is 0 Å². The van der Waals surface area contributed by atoms with Crippen molar-refractivity contribution in [3.63, 3.8) is 0 Å². The normalized spacial score (nSPS) is 11.0.